The molecule has 0 aliphatic carbocycles. The predicted octanol–water partition coefficient (Wildman–Crippen LogP) is 1.18. The molecular formula is C13H18N2O. The van der Waals surface area contributed by atoms with Gasteiger partial charge >= 0.3 is 0 Å². The highest BCUT2D eigenvalue weighted by Crippen LogP contribution is 2.09. The van der Waals surface area contributed by atoms with E-state index < -0.39 is 0 Å². The summed E-state index contributed by atoms with van der Waals surface area (Å²) in [4.78, 5) is 13.5. The van der Waals surface area contributed by atoms with Crippen molar-refractivity contribution in [3.63, 3.8) is 0 Å². The second-order valence-corrected chi connectivity index (χ2v) is 4.16. The Hall–Kier alpha value is -1.35. The van der Waals surface area contributed by atoms with E-state index in [9.17, 15) is 4.79 Å². The molecule has 0 aromatic heterocycles. The highest BCUT2D eigenvalue weighted by atomic mass is 16.2. The number of piperazine rings is 1. The van der Waals surface area contributed by atoms with Gasteiger partial charge < -0.3 is 10.2 Å². The summed E-state index contributed by atoms with van der Waals surface area (Å²) in [5, 5.41) is 3.08. The lowest BCUT2D eigenvalue weighted by Gasteiger charge is -2.27. The second-order valence-electron chi connectivity index (χ2n) is 4.16. The van der Waals surface area contributed by atoms with Gasteiger partial charge in [-0.05, 0) is 17.5 Å². The first-order chi connectivity index (χ1) is 7.79. The molecule has 1 saturated heterocycles. The molecule has 1 heterocycles. The normalized spacial score (nSPS) is 16.6. The number of nitrogens with one attached hydrogen (secondary N) is 1. The van der Waals surface area contributed by atoms with Crippen molar-refractivity contribution in [3.05, 3.63) is 35.4 Å². The Kier molecular flexibility index (Phi) is 3.57. The molecular weight excluding hydrogens is 200 g/mol. The number of hydrogen-bond donors (Lipinski definition) is 1. The fraction of sp³-hybridized carbons (Fsp3) is 0.462. The molecule has 0 saturated carbocycles. The maximum Gasteiger partial charge on any atom is 0.236 e. The zero-order valence-corrected chi connectivity index (χ0v) is 9.70. The molecule has 86 valence electrons. The number of nitrogens with zero attached hydrogens (tertiary/aromatic N) is 1. The van der Waals surface area contributed by atoms with Crippen LogP contribution in [0.25, 0.3) is 0 Å². The van der Waals surface area contributed by atoms with E-state index in [1.54, 1.807) is 0 Å². The second kappa shape index (κ2) is 5.12. The van der Waals surface area contributed by atoms with Crippen molar-refractivity contribution < 1.29 is 4.79 Å². The molecule has 16 heavy (non-hydrogen) atoms. The third-order valence-corrected chi connectivity index (χ3v) is 2.99. The minimum Gasteiger partial charge on any atom is -0.336 e. The van der Waals surface area contributed by atoms with Gasteiger partial charge in [0.05, 0.1) is 6.54 Å². The Morgan fingerprint density at radius 3 is 2.56 bits per heavy atom. The van der Waals surface area contributed by atoms with Crippen molar-refractivity contribution in [1.29, 1.82) is 0 Å². The summed E-state index contributed by atoms with van der Waals surface area (Å²) in [5.41, 5.74) is 2.56. The Balaban J connectivity index is 1.99. The maximum absolute atomic E-state index is 11.6. The average molecular weight is 218 g/mol. The monoisotopic (exact) mass is 218 g/mol. The summed E-state index contributed by atoms with van der Waals surface area (Å²) < 4.78 is 0. The van der Waals surface area contributed by atoms with Crippen LogP contribution in [0, 0.1) is 0 Å². The number of hydrogen-bond acceptors (Lipinski definition) is 2. The van der Waals surface area contributed by atoms with Crippen LogP contribution in [0.15, 0.2) is 24.3 Å². The summed E-state index contributed by atoms with van der Waals surface area (Å²) in [5.74, 6) is 0.200. The van der Waals surface area contributed by atoms with E-state index in [-0.39, 0.29) is 5.91 Å². The Morgan fingerprint density at radius 1 is 1.25 bits per heavy atom. The van der Waals surface area contributed by atoms with E-state index in [1.165, 1.54) is 11.1 Å². The lowest BCUT2D eigenvalue weighted by molar-refractivity contribution is -0.132. The van der Waals surface area contributed by atoms with Crippen LogP contribution in [-0.2, 0) is 17.8 Å². The smallest absolute Gasteiger partial charge is 0.236 e. The molecule has 3 heteroatoms. The summed E-state index contributed by atoms with van der Waals surface area (Å²) in [6.07, 6.45) is 1.06. The molecule has 1 amide bonds. The third kappa shape index (κ3) is 2.61. The fourth-order valence-corrected chi connectivity index (χ4v) is 1.91. The van der Waals surface area contributed by atoms with Crippen molar-refractivity contribution in [3.8, 4) is 0 Å². The quantitative estimate of drug-likeness (QED) is 0.826. The van der Waals surface area contributed by atoms with Gasteiger partial charge in [-0.25, -0.2) is 0 Å². The van der Waals surface area contributed by atoms with Crippen LogP contribution in [0.2, 0.25) is 0 Å². The topological polar surface area (TPSA) is 32.3 Å². The molecule has 1 aromatic rings. The van der Waals surface area contributed by atoms with Crippen LogP contribution in [0.4, 0.5) is 0 Å². The molecule has 0 spiro atoms. The molecule has 1 fully saturated rings. The minimum atomic E-state index is 0.200. The van der Waals surface area contributed by atoms with Crippen LogP contribution >= 0.6 is 0 Å². The summed E-state index contributed by atoms with van der Waals surface area (Å²) >= 11 is 0. The van der Waals surface area contributed by atoms with Gasteiger partial charge in [-0.2, -0.15) is 0 Å². The number of benzene rings is 1. The van der Waals surface area contributed by atoms with Crippen LogP contribution in [0.1, 0.15) is 18.1 Å². The van der Waals surface area contributed by atoms with E-state index in [1.807, 2.05) is 4.90 Å². The van der Waals surface area contributed by atoms with Gasteiger partial charge in [0.25, 0.3) is 0 Å². The minimum absolute atomic E-state index is 0.200. The molecule has 1 aliphatic heterocycles. The number of amides is 1. The lowest BCUT2D eigenvalue weighted by Crippen LogP contribution is -2.47. The van der Waals surface area contributed by atoms with E-state index in [4.69, 9.17) is 0 Å². The van der Waals surface area contributed by atoms with Crippen molar-refractivity contribution in [2.24, 2.45) is 0 Å². The number of rotatable bonds is 3. The van der Waals surface area contributed by atoms with Gasteiger partial charge in [0, 0.05) is 19.6 Å². The zero-order chi connectivity index (χ0) is 11.4. The highest BCUT2D eigenvalue weighted by Gasteiger charge is 2.17. The van der Waals surface area contributed by atoms with Crippen LogP contribution in [-0.4, -0.2) is 30.4 Å². The van der Waals surface area contributed by atoms with Crippen LogP contribution < -0.4 is 5.32 Å². The largest absolute Gasteiger partial charge is 0.336 e. The SMILES string of the molecule is CCc1ccc(CN2CCNCC2=O)cc1. The van der Waals surface area contributed by atoms with E-state index >= 15 is 0 Å². The Morgan fingerprint density at radius 2 is 1.94 bits per heavy atom. The van der Waals surface area contributed by atoms with Gasteiger partial charge in [0.1, 0.15) is 0 Å². The Bertz CT molecular complexity index is 359. The lowest BCUT2D eigenvalue weighted by atomic mass is 10.1. The highest BCUT2D eigenvalue weighted by molar-refractivity contribution is 5.78. The van der Waals surface area contributed by atoms with Crippen LogP contribution in [0.3, 0.4) is 0 Å². The van der Waals surface area contributed by atoms with Gasteiger partial charge in [-0.15, -0.1) is 0 Å². The molecule has 0 unspecified atom stereocenters. The van der Waals surface area contributed by atoms with Gasteiger partial charge in [-0.3, -0.25) is 4.79 Å². The van der Waals surface area contributed by atoms with Gasteiger partial charge in [-0.1, -0.05) is 31.2 Å². The van der Waals surface area contributed by atoms with E-state index in [0.717, 1.165) is 26.1 Å². The number of carbonyl (C=O) groups is 1. The van der Waals surface area contributed by atoms with Crippen molar-refractivity contribution in [2.75, 3.05) is 19.6 Å². The molecule has 2 rings (SSSR count). The molecule has 0 atom stereocenters. The zero-order valence-electron chi connectivity index (χ0n) is 9.70. The number of aryl methyl sites for hydroxylation is 1. The first kappa shape index (κ1) is 11.1. The van der Waals surface area contributed by atoms with Crippen molar-refractivity contribution in [2.45, 2.75) is 19.9 Å². The molecule has 1 N–H and O–H groups in total. The molecule has 1 aromatic carbocycles. The van der Waals surface area contributed by atoms with E-state index in [2.05, 4.69) is 36.5 Å². The summed E-state index contributed by atoms with van der Waals surface area (Å²) in [6.45, 7) is 5.08. The summed E-state index contributed by atoms with van der Waals surface area (Å²) in [6, 6.07) is 8.52. The van der Waals surface area contributed by atoms with Gasteiger partial charge in [0.2, 0.25) is 5.91 Å². The first-order valence-corrected chi connectivity index (χ1v) is 5.86. The average Bonchev–Trinajstić information content (AvgIpc) is 2.33. The molecule has 0 bridgehead atoms. The van der Waals surface area contributed by atoms with E-state index in [0.29, 0.717) is 6.54 Å². The fourth-order valence-electron chi connectivity index (χ4n) is 1.91. The van der Waals surface area contributed by atoms with Crippen molar-refractivity contribution >= 4 is 5.91 Å². The van der Waals surface area contributed by atoms with Crippen LogP contribution in [0.5, 0.6) is 0 Å². The van der Waals surface area contributed by atoms with Crippen molar-refractivity contribution in [1.82, 2.24) is 10.2 Å². The Labute approximate surface area is 96.5 Å². The number of carbonyl (C=O) groups excluding carboxylic acids is 1. The standard InChI is InChI=1S/C13H18N2O/c1-2-11-3-5-12(6-4-11)10-15-8-7-14-9-13(15)16/h3-6,14H,2,7-10H2,1H3. The molecule has 3 nitrogen and oxygen atoms in total. The maximum atomic E-state index is 11.6. The third-order valence-electron chi connectivity index (χ3n) is 2.99. The van der Waals surface area contributed by atoms with Gasteiger partial charge in [0.15, 0.2) is 0 Å². The summed E-state index contributed by atoms with van der Waals surface area (Å²) in [7, 11) is 0. The first-order valence-electron chi connectivity index (χ1n) is 5.86. The molecule has 0 radical (unpaired) electrons. The predicted molar refractivity (Wildman–Crippen MR) is 64.1 cm³/mol. The molecule has 1 aliphatic rings.